The van der Waals surface area contributed by atoms with E-state index in [4.69, 9.17) is 5.14 Å². The molecule has 3 N–H and O–H groups in total. The maximum absolute atomic E-state index is 12.2. The predicted molar refractivity (Wildman–Crippen MR) is 81.5 cm³/mol. The molecule has 2 rings (SSSR count). The van der Waals surface area contributed by atoms with Crippen molar-refractivity contribution in [3.05, 3.63) is 29.3 Å². The lowest BCUT2D eigenvalue weighted by Crippen LogP contribution is -2.30. The number of carbonyl (C=O) groups excluding carboxylic acids is 1. The van der Waals surface area contributed by atoms with Crippen molar-refractivity contribution in [2.75, 3.05) is 6.54 Å². The van der Waals surface area contributed by atoms with E-state index in [2.05, 4.69) is 12.2 Å². The van der Waals surface area contributed by atoms with Crippen LogP contribution >= 0.6 is 0 Å². The normalized spacial score (nSPS) is 16.5. The number of primary sulfonamides is 1. The van der Waals surface area contributed by atoms with Gasteiger partial charge in [-0.2, -0.15) is 0 Å². The SMILES string of the molecule is CCCC1(CNC(=O)c2ccc(C)c(S(N)(=O)=O)c2)CC1. The number of nitrogens with two attached hydrogens (primary N) is 1. The predicted octanol–water partition coefficient (Wildman–Crippen LogP) is 1.95. The molecule has 1 aliphatic rings. The minimum Gasteiger partial charge on any atom is -0.351 e. The van der Waals surface area contributed by atoms with Gasteiger partial charge in [-0.05, 0) is 49.3 Å². The fourth-order valence-corrected chi connectivity index (χ4v) is 3.45. The molecule has 0 atom stereocenters. The van der Waals surface area contributed by atoms with Crippen LogP contribution in [0, 0.1) is 12.3 Å². The summed E-state index contributed by atoms with van der Waals surface area (Å²) in [5.41, 5.74) is 1.13. The lowest BCUT2D eigenvalue weighted by molar-refractivity contribution is 0.0943. The molecule has 0 unspecified atom stereocenters. The fourth-order valence-electron chi connectivity index (χ4n) is 2.64. The number of rotatable bonds is 6. The van der Waals surface area contributed by atoms with E-state index in [0.29, 0.717) is 17.7 Å². The zero-order chi connectivity index (χ0) is 15.7. The van der Waals surface area contributed by atoms with E-state index in [9.17, 15) is 13.2 Å². The number of benzene rings is 1. The number of sulfonamides is 1. The van der Waals surface area contributed by atoms with Crippen molar-refractivity contribution in [3.63, 3.8) is 0 Å². The number of carbonyl (C=O) groups is 1. The van der Waals surface area contributed by atoms with E-state index in [1.54, 1.807) is 19.1 Å². The molecule has 0 radical (unpaired) electrons. The molecule has 1 saturated carbocycles. The van der Waals surface area contributed by atoms with Crippen LogP contribution in [0.4, 0.5) is 0 Å². The van der Waals surface area contributed by atoms with Gasteiger partial charge in [-0.3, -0.25) is 4.79 Å². The molecule has 116 valence electrons. The van der Waals surface area contributed by atoms with Gasteiger partial charge in [0, 0.05) is 12.1 Å². The molecule has 0 aliphatic heterocycles. The van der Waals surface area contributed by atoms with Crippen molar-refractivity contribution in [1.29, 1.82) is 0 Å². The Hall–Kier alpha value is -1.40. The Balaban J connectivity index is 2.10. The van der Waals surface area contributed by atoms with Crippen molar-refractivity contribution in [2.24, 2.45) is 10.6 Å². The molecule has 1 aliphatic carbocycles. The summed E-state index contributed by atoms with van der Waals surface area (Å²) in [6, 6.07) is 4.58. The molecule has 1 fully saturated rings. The second-order valence-corrected chi connectivity index (χ2v) is 7.49. The maximum atomic E-state index is 12.2. The Bertz CT molecular complexity index is 649. The van der Waals surface area contributed by atoms with E-state index < -0.39 is 10.0 Å². The topological polar surface area (TPSA) is 89.3 Å². The Labute approximate surface area is 126 Å². The molecule has 0 aromatic heterocycles. The van der Waals surface area contributed by atoms with Crippen molar-refractivity contribution in [2.45, 2.75) is 44.4 Å². The van der Waals surface area contributed by atoms with Gasteiger partial charge in [0.05, 0.1) is 4.90 Å². The molecule has 0 spiro atoms. The van der Waals surface area contributed by atoms with E-state index in [-0.39, 0.29) is 16.2 Å². The summed E-state index contributed by atoms with van der Waals surface area (Å²) in [6.07, 6.45) is 4.52. The van der Waals surface area contributed by atoms with Crippen LogP contribution in [0.2, 0.25) is 0 Å². The number of amides is 1. The molecule has 1 aromatic carbocycles. The summed E-state index contributed by atoms with van der Waals surface area (Å²) in [7, 11) is -3.81. The van der Waals surface area contributed by atoms with Gasteiger partial charge in [0.1, 0.15) is 0 Å². The highest BCUT2D eigenvalue weighted by Gasteiger charge is 2.41. The standard InChI is InChI=1S/C15H22N2O3S/c1-3-6-15(7-8-15)10-17-14(18)12-5-4-11(2)13(9-12)21(16,19)20/h4-5,9H,3,6-8,10H2,1-2H3,(H,17,18)(H2,16,19,20). The summed E-state index contributed by atoms with van der Waals surface area (Å²) >= 11 is 0. The summed E-state index contributed by atoms with van der Waals surface area (Å²) in [6.45, 7) is 4.44. The first-order valence-corrected chi connectivity index (χ1v) is 8.74. The third kappa shape index (κ3) is 3.83. The summed E-state index contributed by atoms with van der Waals surface area (Å²) in [5.74, 6) is -0.248. The van der Waals surface area contributed by atoms with Crippen LogP contribution in [0.5, 0.6) is 0 Å². The van der Waals surface area contributed by atoms with Gasteiger partial charge >= 0.3 is 0 Å². The molecule has 0 bridgehead atoms. The molecular weight excluding hydrogens is 288 g/mol. The van der Waals surface area contributed by atoms with Crippen LogP contribution in [0.3, 0.4) is 0 Å². The Kier molecular flexibility index (Phi) is 4.39. The van der Waals surface area contributed by atoms with Crippen LogP contribution in [-0.4, -0.2) is 20.9 Å². The molecule has 0 saturated heterocycles. The number of hydrogen-bond acceptors (Lipinski definition) is 3. The number of hydrogen-bond donors (Lipinski definition) is 2. The lowest BCUT2D eigenvalue weighted by atomic mass is 10.0. The molecule has 5 nitrogen and oxygen atoms in total. The van der Waals surface area contributed by atoms with Crippen LogP contribution in [-0.2, 0) is 10.0 Å². The zero-order valence-corrected chi connectivity index (χ0v) is 13.3. The van der Waals surface area contributed by atoms with Gasteiger partial charge in [0.2, 0.25) is 10.0 Å². The van der Waals surface area contributed by atoms with Crippen LogP contribution in [0.1, 0.15) is 48.5 Å². The average Bonchev–Trinajstić information content (AvgIpc) is 3.16. The third-order valence-corrected chi connectivity index (χ3v) is 5.17. The first kappa shape index (κ1) is 16.0. The Morgan fingerprint density at radius 2 is 2.05 bits per heavy atom. The zero-order valence-electron chi connectivity index (χ0n) is 12.5. The molecule has 1 amide bonds. The molecule has 6 heteroatoms. The van der Waals surface area contributed by atoms with E-state index in [0.717, 1.165) is 25.7 Å². The minimum absolute atomic E-state index is 0.00448. The highest BCUT2D eigenvalue weighted by atomic mass is 32.2. The van der Waals surface area contributed by atoms with Crippen LogP contribution < -0.4 is 10.5 Å². The van der Waals surface area contributed by atoms with Gasteiger partial charge < -0.3 is 5.32 Å². The van der Waals surface area contributed by atoms with Gasteiger partial charge in [0.15, 0.2) is 0 Å². The first-order valence-electron chi connectivity index (χ1n) is 7.19. The molecular formula is C15H22N2O3S. The van der Waals surface area contributed by atoms with E-state index >= 15 is 0 Å². The van der Waals surface area contributed by atoms with E-state index in [1.165, 1.54) is 6.07 Å². The summed E-state index contributed by atoms with van der Waals surface area (Å²) < 4.78 is 23.0. The van der Waals surface area contributed by atoms with Gasteiger partial charge in [-0.25, -0.2) is 13.6 Å². The van der Waals surface area contributed by atoms with Gasteiger partial charge in [-0.1, -0.05) is 19.4 Å². The van der Waals surface area contributed by atoms with Crippen molar-refractivity contribution in [3.8, 4) is 0 Å². The highest BCUT2D eigenvalue weighted by molar-refractivity contribution is 7.89. The number of nitrogens with one attached hydrogen (secondary N) is 1. The van der Waals surface area contributed by atoms with Crippen molar-refractivity contribution < 1.29 is 13.2 Å². The highest BCUT2D eigenvalue weighted by Crippen LogP contribution is 2.48. The Morgan fingerprint density at radius 1 is 1.38 bits per heavy atom. The smallest absolute Gasteiger partial charge is 0.251 e. The van der Waals surface area contributed by atoms with E-state index in [1.807, 2.05) is 0 Å². The van der Waals surface area contributed by atoms with Crippen molar-refractivity contribution in [1.82, 2.24) is 5.32 Å². The van der Waals surface area contributed by atoms with Gasteiger partial charge in [0.25, 0.3) is 5.91 Å². The minimum atomic E-state index is -3.81. The fraction of sp³-hybridized carbons (Fsp3) is 0.533. The molecule has 0 heterocycles. The van der Waals surface area contributed by atoms with Crippen LogP contribution in [0.15, 0.2) is 23.1 Å². The summed E-state index contributed by atoms with van der Waals surface area (Å²) in [5, 5.41) is 8.07. The number of aryl methyl sites for hydroxylation is 1. The largest absolute Gasteiger partial charge is 0.351 e. The monoisotopic (exact) mass is 310 g/mol. The third-order valence-electron chi connectivity index (χ3n) is 4.12. The van der Waals surface area contributed by atoms with Crippen molar-refractivity contribution >= 4 is 15.9 Å². The van der Waals surface area contributed by atoms with Gasteiger partial charge in [-0.15, -0.1) is 0 Å². The Morgan fingerprint density at radius 3 is 2.57 bits per heavy atom. The second-order valence-electron chi connectivity index (χ2n) is 5.96. The quantitative estimate of drug-likeness (QED) is 0.841. The van der Waals surface area contributed by atoms with Crippen LogP contribution in [0.25, 0.3) is 0 Å². The second kappa shape index (κ2) is 5.77. The molecule has 21 heavy (non-hydrogen) atoms. The molecule has 1 aromatic rings. The summed E-state index contributed by atoms with van der Waals surface area (Å²) in [4.78, 5) is 12.2. The first-order chi connectivity index (χ1) is 9.77. The lowest BCUT2D eigenvalue weighted by Gasteiger charge is -2.15. The average molecular weight is 310 g/mol. The maximum Gasteiger partial charge on any atom is 0.251 e.